The lowest BCUT2D eigenvalue weighted by molar-refractivity contribution is -0.0793. The highest BCUT2D eigenvalue weighted by atomic mass is 19.3. The molecule has 4 nitrogen and oxygen atoms in total. The van der Waals surface area contributed by atoms with Crippen LogP contribution in [0.3, 0.4) is 0 Å². The van der Waals surface area contributed by atoms with Crippen LogP contribution in [-0.2, 0) is 4.94 Å². The molecule has 1 aromatic heterocycles. The quantitative estimate of drug-likeness (QED) is 0.633. The van der Waals surface area contributed by atoms with E-state index in [0.29, 0.717) is 5.69 Å². The molecule has 0 radical (unpaired) electrons. The fraction of sp³-hybridized carbons (Fsp3) is 0.200. The number of nitrogens with zero attached hydrogens (tertiary/aromatic N) is 1. The average Bonchev–Trinajstić information content (AvgIpc) is 2.34. The Labute approximate surface area is 55.9 Å². The van der Waals surface area contributed by atoms with Gasteiger partial charge in [-0.15, -0.1) is 0 Å². The van der Waals surface area contributed by atoms with Gasteiger partial charge in [0.25, 0.3) is 0 Å². The highest BCUT2D eigenvalue weighted by molar-refractivity contribution is 5.86. The van der Waals surface area contributed by atoms with E-state index in [2.05, 4.69) is 15.1 Å². The number of rotatable bonds is 1. The Bertz CT molecular complexity index is 246. The van der Waals surface area contributed by atoms with Crippen molar-refractivity contribution in [2.45, 2.75) is 6.92 Å². The predicted octanol–water partition coefficient (Wildman–Crippen LogP) is 0.759. The summed E-state index contributed by atoms with van der Waals surface area (Å²) in [6, 6.07) is 1.39. The van der Waals surface area contributed by atoms with Gasteiger partial charge in [0.05, 0.1) is 0 Å². The smallest absolute Gasteiger partial charge is 0.282 e. The summed E-state index contributed by atoms with van der Waals surface area (Å²) in [7, 11) is 0. The molecule has 0 saturated heterocycles. The lowest BCUT2D eigenvalue weighted by atomic mass is 10.4. The first-order valence-electron chi connectivity index (χ1n) is 2.59. The molecule has 0 aromatic carbocycles. The maximum absolute atomic E-state index is 11.2. The molecule has 0 amide bonds. The predicted molar refractivity (Wildman–Crippen MR) is 29.8 cm³/mol. The van der Waals surface area contributed by atoms with Gasteiger partial charge in [-0.25, -0.2) is 9.74 Å². The van der Waals surface area contributed by atoms with Crippen LogP contribution in [0.4, 0.5) is 4.53 Å². The fourth-order valence-electron chi connectivity index (χ4n) is 0.562. The summed E-state index contributed by atoms with van der Waals surface area (Å²) in [6.45, 7) is 1.70. The van der Waals surface area contributed by atoms with Gasteiger partial charge in [-0.2, -0.15) is 5.10 Å². The molecular formula is C5H5FN2O2. The number of hydrogen-bond acceptors (Lipinski definition) is 3. The van der Waals surface area contributed by atoms with Crippen molar-refractivity contribution < 1.29 is 14.3 Å². The van der Waals surface area contributed by atoms with E-state index in [4.69, 9.17) is 0 Å². The monoisotopic (exact) mass is 144 g/mol. The molecule has 0 fully saturated rings. The molecule has 5 heteroatoms. The number of hydrogen-bond donors (Lipinski definition) is 1. The van der Waals surface area contributed by atoms with E-state index in [0.717, 1.165) is 0 Å². The van der Waals surface area contributed by atoms with Gasteiger partial charge in [0.2, 0.25) is 0 Å². The lowest BCUT2D eigenvalue weighted by Gasteiger charge is -1.82. The number of aromatic amines is 1. The standard InChI is InChI=1S/C5H5FN2O2/c1-3-2-4(8-7-3)5(9)10-6/h2H,1H3,(H,7,8). The summed E-state index contributed by atoms with van der Waals surface area (Å²) in [5.74, 6) is -1.08. The van der Waals surface area contributed by atoms with Gasteiger partial charge >= 0.3 is 5.97 Å². The van der Waals surface area contributed by atoms with Crippen LogP contribution in [0.2, 0.25) is 0 Å². The summed E-state index contributed by atoms with van der Waals surface area (Å²) in [6.07, 6.45) is 0. The van der Waals surface area contributed by atoms with E-state index in [1.54, 1.807) is 6.92 Å². The number of aromatic nitrogens is 2. The summed E-state index contributed by atoms with van der Waals surface area (Å²) in [4.78, 5) is 13.3. The molecule has 0 aliphatic heterocycles. The highest BCUT2D eigenvalue weighted by Crippen LogP contribution is 1.99. The van der Waals surface area contributed by atoms with Crippen LogP contribution in [0.15, 0.2) is 6.07 Å². The average molecular weight is 144 g/mol. The van der Waals surface area contributed by atoms with Gasteiger partial charge in [-0.1, -0.05) is 0 Å². The zero-order valence-electron chi connectivity index (χ0n) is 5.22. The van der Waals surface area contributed by atoms with Crippen LogP contribution in [-0.4, -0.2) is 16.2 Å². The lowest BCUT2D eigenvalue weighted by Crippen LogP contribution is -1.98. The molecule has 10 heavy (non-hydrogen) atoms. The molecule has 0 aliphatic carbocycles. The Balaban J connectivity index is 2.85. The van der Waals surface area contributed by atoms with Gasteiger partial charge in [0.1, 0.15) is 0 Å². The summed E-state index contributed by atoms with van der Waals surface area (Å²) in [5.41, 5.74) is 0.625. The van der Waals surface area contributed by atoms with Crippen molar-refractivity contribution in [1.29, 1.82) is 0 Å². The van der Waals surface area contributed by atoms with Crippen molar-refractivity contribution in [1.82, 2.24) is 10.2 Å². The first kappa shape index (κ1) is 6.73. The van der Waals surface area contributed by atoms with E-state index in [1.165, 1.54) is 6.07 Å². The van der Waals surface area contributed by atoms with Gasteiger partial charge < -0.3 is 0 Å². The molecule has 0 atom stereocenters. The SMILES string of the molecule is Cc1cc(C(=O)OF)n[nH]1. The van der Waals surface area contributed by atoms with Gasteiger partial charge in [0.15, 0.2) is 5.69 Å². The zero-order valence-corrected chi connectivity index (χ0v) is 5.22. The molecule has 0 bridgehead atoms. The van der Waals surface area contributed by atoms with Crippen molar-refractivity contribution in [3.05, 3.63) is 17.5 Å². The largest absolute Gasteiger partial charge is 0.399 e. The van der Waals surface area contributed by atoms with Crippen molar-refractivity contribution in [3.63, 3.8) is 0 Å². The minimum atomic E-state index is -1.08. The number of aryl methyl sites for hydroxylation is 1. The van der Waals surface area contributed by atoms with E-state index in [9.17, 15) is 9.32 Å². The Hall–Kier alpha value is -1.39. The molecule has 1 rings (SSSR count). The maximum atomic E-state index is 11.2. The number of carbonyl (C=O) groups excluding carboxylic acids is 1. The highest BCUT2D eigenvalue weighted by Gasteiger charge is 2.10. The number of nitrogens with one attached hydrogen (secondary N) is 1. The maximum Gasteiger partial charge on any atom is 0.399 e. The van der Waals surface area contributed by atoms with E-state index < -0.39 is 5.97 Å². The van der Waals surface area contributed by atoms with Crippen LogP contribution in [0.1, 0.15) is 16.2 Å². The number of H-pyrrole nitrogens is 1. The summed E-state index contributed by atoms with van der Waals surface area (Å²) in [5, 5.41) is 5.91. The van der Waals surface area contributed by atoms with E-state index in [1.807, 2.05) is 0 Å². The molecule has 0 aliphatic rings. The third-order valence-electron chi connectivity index (χ3n) is 0.985. The van der Waals surface area contributed by atoms with Crippen molar-refractivity contribution in [2.24, 2.45) is 0 Å². The minimum Gasteiger partial charge on any atom is -0.282 e. The third kappa shape index (κ3) is 1.12. The molecule has 0 spiro atoms. The molecule has 1 heterocycles. The Morgan fingerprint density at radius 1 is 1.90 bits per heavy atom. The van der Waals surface area contributed by atoms with Crippen molar-refractivity contribution in [3.8, 4) is 0 Å². The molecule has 54 valence electrons. The second-order valence-corrected chi connectivity index (χ2v) is 1.80. The second kappa shape index (κ2) is 2.47. The normalized spacial score (nSPS) is 9.40. The molecule has 1 N–H and O–H groups in total. The molecular weight excluding hydrogens is 139 g/mol. The minimum absolute atomic E-state index is 0.0556. The molecule has 0 unspecified atom stereocenters. The van der Waals surface area contributed by atoms with Crippen LogP contribution in [0.25, 0.3) is 0 Å². The molecule has 0 saturated carbocycles. The van der Waals surface area contributed by atoms with E-state index >= 15 is 0 Å². The van der Waals surface area contributed by atoms with Gasteiger partial charge in [-0.3, -0.25) is 5.10 Å². The van der Waals surface area contributed by atoms with Crippen molar-refractivity contribution in [2.75, 3.05) is 0 Å². The third-order valence-corrected chi connectivity index (χ3v) is 0.985. The van der Waals surface area contributed by atoms with Gasteiger partial charge in [-0.05, 0) is 13.0 Å². The van der Waals surface area contributed by atoms with Crippen LogP contribution < -0.4 is 0 Å². The van der Waals surface area contributed by atoms with Crippen LogP contribution in [0.5, 0.6) is 0 Å². The number of carbonyl (C=O) groups is 1. The van der Waals surface area contributed by atoms with Crippen LogP contribution in [0, 0.1) is 6.92 Å². The Morgan fingerprint density at radius 3 is 3.00 bits per heavy atom. The van der Waals surface area contributed by atoms with Crippen molar-refractivity contribution >= 4 is 5.97 Å². The van der Waals surface area contributed by atoms with E-state index in [-0.39, 0.29) is 5.69 Å². The fourth-order valence-corrected chi connectivity index (χ4v) is 0.562. The summed E-state index contributed by atoms with van der Waals surface area (Å²) >= 11 is 0. The topological polar surface area (TPSA) is 55.0 Å². The zero-order chi connectivity index (χ0) is 7.56. The second-order valence-electron chi connectivity index (χ2n) is 1.80. The Morgan fingerprint density at radius 2 is 2.60 bits per heavy atom. The van der Waals surface area contributed by atoms with Gasteiger partial charge in [0, 0.05) is 10.2 Å². The Kier molecular flexibility index (Phi) is 1.66. The number of halogens is 1. The van der Waals surface area contributed by atoms with Crippen LogP contribution >= 0.6 is 0 Å². The first-order chi connectivity index (χ1) is 4.74. The first-order valence-corrected chi connectivity index (χ1v) is 2.59. The molecule has 1 aromatic rings. The summed E-state index contributed by atoms with van der Waals surface area (Å²) < 4.78 is 11.2.